The Morgan fingerprint density at radius 1 is 1.18 bits per heavy atom. The van der Waals surface area contributed by atoms with Crippen molar-refractivity contribution in [2.45, 2.75) is 39.0 Å². The first-order chi connectivity index (χ1) is 15.8. The number of fused-ring (bicyclic) bond motifs is 3. The lowest BCUT2D eigenvalue weighted by atomic mass is 9.97. The van der Waals surface area contributed by atoms with Gasteiger partial charge >= 0.3 is 0 Å². The summed E-state index contributed by atoms with van der Waals surface area (Å²) in [6.45, 7) is 3.48. The van der Waals surface area contributed by atoms with Gasteiger partial charge in [-0.25, -0.2) is 4.39 Å². The number of carbonyl (C=O) groups is 2. The molecule has 0 saturated heterocycles. The maximum atomic E-state index is 13.5. The molecule has 0 fully saturated rings. The average molecular weight is 488 g/mol. The Hall–Kier alpha value is -2.97. The molecule has 0 aliphatic carbocycles. The fourth-order valence-corrected chi connectivity index (χ4v) is 4.74. The predicted octanol–water partition coefficient (Wildman–Crippen LogP) is 3.97. The second-order valence-corrected chi connectivity index (χ2v) is 9.16. The minimum atomic E-state index is -0.440. The van der Waals surface area contributed by atoms with Gasteiger partial charge in [-0.3, -0.25) is 19.3 Å². The van der Waals surface area contributed by atoms with Gasteiger partial charge in [-0.15, -0.1) is 0 Å². The molecule has 3 aromatic rings. The molecule has 33 heavy (non-hydrogen) atoms. The van der Waals surface area contributed by atoms with E-state index in [0.29, 0.717) is 46.4 Å². The second-order valence-electron chi connectivity index (χ2n) is 8.35. The predicted molar refractivity (Wildman–Crippen MR) is 121 cm³/mol. The SMILES string of the molecule is C[C@@H]1Cc2nn3c(c2CN1C(=O)c1ccc(Cl)c(Cl)c1)C(=O)N(Cc1cncc(F)c1)CC3. The van der Waals surface area contributed by atoms with Crippen molar-refractivity contribution in [2.24, 2.45) is 0 Å². The minimum Gasteiger partial charge on any atom is -0.331 e. The van der Waals surface area contributed by atoms with Gasteiger partial charge in [0.2, 0.25) is 0 Å². The topological polar surface area (TPSA) is 71.3 Å². The highest BCUT2D eigenvalue weighted by molar-refractivity contribution is 6.42. The summed E-state index contributed by atoms with van der Waals surface area (Å²) in [6, 6.07) is 6.08. The molecule has 2 amide bonds. The van der Waals surface area contributed by atoms with Crippen LogP contribution in [0.15, 0.2) is 36.7 Å². The molecule has 1 atom stereocenters. The summed E-state index contributed by atoms with van der Waals surface area (Å²) in [5.41, 5.74) is 3.13. The standard InChI is InChI=1S/C23H20Cl2FN5O2/c1-13-6-20-17(12-30(13)22(32)15-2-3-18(24)19(25)8-15)21-23(33)29(4-5-31(21)28-20)11-14-7-16(26)10-27-9-14/h2-3,7-10,13H,4-6,11-12H2,1H3/t13-/m1/s1. The van der Waals surface area contributed by atoms with Crippen LogP contribution >= 0.6 is 23.2 Å². The molecule has 0 bridgehead atoms. The highest BCUT2D eigenvalue weighted by atomic mass is 35.5. The monoisotopic (exact) mass is 487 g/mol. The van der Waals surface area contributed by atoms with Gasteiger partial charge in [-0.2, -0.15) is 5.10 Å². The van der Waals surface area contributed by atoms with E-state index in [2.05, 4.69) is 10.1 Å². The Morgan fingerprint density at radius 2 is 2.00 bits per heavy atom. The van der Waals surface area contributed by atoms with Crippen molar-refractivity contribution >= 4 is 35.0 Å². The largest absolute Gasteiger partial charge is 0.331 e. The third kappa shape index (κ3) is 3.98. The van der Waals surface area contributed by atoms with E-state index in [9.17, 15) is 14.0 Å². The number of hydrogen-bond donors (Lipinski definition) is 0. The number of hydrogen-bond acceptors (Lipinski definition) is 4. The second kappa shape index (κ2) is 8.43. The molecule has 7 nitrogen and oxygen atoms in total. The first kappa shape index (κ1) is 21.9. The van der Waals surface area contributed by atoms with Crippen LogP contribution in [0.1, 0.15) is 44.6 Å². The van der Waals surface area contributed by atoms with Gasteiger partial charge < -0.3 is 9.80 Å². The number of carbonyl (C=O) groups excluding carboxylic acids is 2. The normalized spacial score (nSPS) is 17.7. The molecule has 1 aromatic carbocycles. The number of pyridine rings is 1. The van der Waals surface area contributed by atoms with Crippen LogP contribution in [-0.4, -0.2) is 49.0 Å². The minimum absolute atomic E-state index is 0.0963. The summed E-state index contributed by atoms with van der Waals surface area (Å²) in [4.78, 5) is 33.9. The third-order valence-electron chi connectivity index (χ3n) is 6.12. The molecular formula is C23H20Cl2FN5O2. The fourth-order valence-electron chi connectivity index (χ4n) is 4.44. The van der Waals surface area contributed by atoms with Crippen molar-refractivity contribution in [1.29, 1.82) is 0 Å². The van der Waals surface area contributed by atoms with Crippen molar-refractivity contribution in [3.05, 3.63) is 80.6 Å². The van der Waals surface area contributed by atoms with Gasteiger partial charge in [0.1, 0.15) is 11.5 Å². The van der Waals surface area contributed by atoms with Crippen molar-refractivity contribution in [2.75, 3.05) is 6.54 Å². The molecule has 170 valence electrons. The third-order valence-corrected chi connectivity index (χ3v) is 6.86. The molecule has 2 aliphatic heterocycles. The summed E-state index contributed by atoms with van der Waals surface area (Å²) >= 11 is 12.1. The van der Waals surface area contributed by atoms with E-state index in [1.807, 2.05) is 6.92 Å². The molecule has 0 spiro atoms. The maximum Gasteiger partial charge on any atom is 0.272 e. The Kier molecular flexibility index (Phi) is 5.58. The van der Waals surface area contributed by atoms with Gasteiger partial charge in [-0.05, 0) is 36.8 Å². The van der Waals surface area contributed by atoms with Gasteiger partial charge in [-0.1, -0.05) is 23.2 Å². The van der Waals surface area contributed by atoms with E-state index in [-0.39, 0.29) is 30.9 Å². The van der Waals surface area contributed by atoms with Crippen molar-refractivity contribution in [3.8, 4) is 0 Å². The zero-order valence-corrected chi connectivity index (χ0v) is 19.3. The van der Waals surface area contributed by atoms with Gasteiger partial charge in [0.05, 0.1) is 35.0 Å². The summed E-state index contributed by atoms with van der Waals surface area (Å²) < 4.78 is 15.3. The van der Waals surface area contributed by atoms with Crippen molar-refractivity contribution < 1.29 is 14.0 Å². The van der Waals surface area contributed by atoms with E-state index in [1.165, 1.54) is 6.07 Å². The Labute approximate surface area is 199 Å². The molecular weight excluding hydrogens is 468 g/mol. The summed E-state index contributed by atoms with van der Waals surface area (Å²) in [6.07, 6.45) is 3.23. The van der Waals surface area contributed by atoms with Gasteiger partial charge in [0.25, 0.3) is 11.8 Å². The van der Waals surface area contributed by atoms with Crippen LogP contribution in [0.2, 0.25) is 10.0 Å². The van der Waals surface area contributed by atoms with E-state index in [4.69, 9.17) is 23.2 Å². The van der Waals surface area contributed by atoms with Crippen LogP contribution in [0.3, 0.4) is 0 Å². The number of amides is 2. The Bertz CT molecular complexity index is 1280. The van der Waals surface area contributed by atoms with Crippen LogP contribution in [0.25, 0.3) is 0 Å². The molecule has 0 radical (unpaired) electrons. The van der Waals surface area contributed by atoms with Crippen LogP contribution in [0.4, 0.5) is 4.39 Å². The lowest BCUT2D eigenvalue weighted by Crippen LogP contribution is -2.44. The molecule has 0 N–H and O–H groups in total. The zero-order chi connectivity index (χ0) is 23.3. The van der Waals surface area contributed by atoms with E-state index in [1.54, 1.807) is 38.9 Å². The lowest BCUT2D eigenvalue weighted by molar-refractivity contribution is 0.0637. The molecule has 10 heteroatoms. The van der Waals surface area contributed by atoms with Crippen molar-refractivity contribution in [1.82, 2.24) is 24.6 Å². The smallest absolute Gasteiger partial charge is 0.272 e. The highest BCUT2D eigenvalue weighted by Crippen LogP contribution is 2.31. The van der Waals surface area contributed by atoms with E-state index in [0.717, 1.165) is 17.5 Å². The van der Waals surface area contributed by atoms with Crippen LogP contribution in [0.5, 0.6) is 0 Å². The Balaban J connectivity index is 1.43. The first-order valence-corrected chi connectivity index (χ1v) is 11.3. The fraction of sp³-hybridized carbons (Fsp3) is 0.304. The molecule has 0 saturated carbocycles. The first-order valence-electron chi connectivity index (χ1n) is 10.5. The number of rotatable bonds is 3. The van der Waals surface area contributed by atoms with Gasteiger partial charge in [0.15, 0.2) is 0 Å². The quantitative estimate of drug-likeness (QED) is 0.560. The summed E-state index contributed by atoms with van der Waals surface area (Å²) in [5.74, 6) is -0.807. The highest BCUT2D eigenvalue weighted by Gasteiger charge is 2.37. The number of benzene rings is 1. The summed E-state index contributed by atoms with van der Waals surface area (Å²) in [5, 5.41) is 5.36. The number of nitrogens with zero attached hydrogens (tertiary/aromatic N) is 5. The summed E-state index contributed by atoms with van der Waals surface area (Å²) in [7, 11) is 0. The van der Waals surface area contributed by atoms with Crippen molar-refractivity contribution in [3.63, 3.8) is 0 Å². The Morgan fingerprint density at radius 3 is 2.76 bits per heavy atom. The average Bonchev–Trinajstić information content (AvgIpc) is 3.14. The number of halogens is 3. The lowest BCUT2D eigenvalue weighted by Gasteiger charge is -2.34. The molecule has 0 unspecified atom stereocenters. The van der Waals surface area contributed by atoms with E-state index >= 15 is 0 Å². The molecule has 2 aromatic heterocycles. The zero-order valence-electron chi connectivity index (χ0n) is 17.8. The molecule has 4 heterocycles. The van der Waals surface area contributed by atoms with E-state index < -0.39 is 5.82 Å². The van der Waals surface area contributed by atoms with Crippen LogP contribution < -0.4 is 0 Å². The number of aromatic nitrogens is 3. The maximum absolute atomic E-state index is 13.5. The molecule has 2 aliphatic rings. The van der Waals surface area contributed by atoms with Gasteiger partial charge in [0, 0.05) is 42.9 Å². The molecule has 5 rings (SSSR count). The van der Waals surface area contributed by atoms with Crippen LogP contribution in [0, 0.1) is 5.82 Å². The van der Waals surface area contributed by atoms with Crippen LogP contribution in [-0.2, 0) is 26.1 Å².